The first kappa shape index (κ1) is 16.6. The van der Waals surface area contributed by atoms with Gasteiger partial charge in [0.05, 0.1) is 5.92 Å². The Morgan fingerprint density at radius 1 is 1.16 bits per heavy atom. The van der Waals surface area contributed by atoms with Gasteiger partial charge in [-0.25, -0.2) is 0 Å². The number of fused-ring (bicyclic) bond motifs is 2. The molecule has 1 aromatic carbocycles. The minimum Gasteiger partial charge on any atom is -0.481 e. The number of hydrogen-bond donors (Lipinski definition) is 1. The second-order valence-corrected chi connectivity index (χ2v) is 7.33. The van der Waals surface area contributed by atoms with Crippen LogP contribution < -0.4 is 9.47 Å². The molecule has 2 saturated heterocycles. The van der Waals surface area contributed by atoms with Crippen molar-refractivity contribution in [1.29, 1.82) is 0 Å². The molecule has 3 aliphatic heterocycles. The molecule has 0 aromatic heterocycles. The van der Waals surface area contributed by atoms with Gasteiger partial charge in [0, 0.05) is 51.9 Å². The molecule has 0 bridgehead atoms. The van der Waals surface area contributed by atoms with Crippen molar-refractivity contribution in [3.63, 3.8) is 0 Å². The van der Waals surface area contributed by atoms with E-state index < -0.39 is 5.97 Å². The van der Waals surface area contributed by atoms with Crippen LogP contribution >= 0.6 is 0 Å². The van der Waals surface area contributed by atoms with E-state index in [-0.39, 0.29) is 5.92 Å². The van der Waals surface area contributed by atoms with Crippen molar-refractivity contribution in [1.82, 2.24) is 14.7 Å². The zero-order valence-corrected chi connectivity index (χ0v) is 14.6. The largest absolute Gasteiger partial charge is 0.481 e. The lowest BCUT2D eigenvalue weighted by Gasteiger charge is -2.41. The summed E-state index contributed by atoms with van der Waals surface area (Å²) in [5.41, 5.74) is 1.23. The molecule has 0 amide bonds. The van der Waals surface area contributed by atoms with Crippen molar-refractivity contribution in [2.45, 2.75) is 12.6 Å². The molecule has 2 unspecified atom stereocenters. The van der Waals surface area contributed by atoms with E-state index >= 15 is 0 Å². The lowest BCUT2D eigenvalue weighted by molar-refractivity contribution is -0.142. The summed E-state index contributed by atoms with van der Waals surface area (Å²) in [5.74, 6) is 0.666. The molecule has 7 nitrogen and oxygen atoms in total. The van der Waals surface area contributed by atoms with Crippen molar-refractivity contribution < 1.29 is 19.4 Å². The maximum atomic E-state index is 11.4. The highest BCUT2D eigenvalue weighted by molar-refractivity contribution is 5.70. The van der Waals surface area contributed by atoms with Gasteiger partial charge in [-0.15, -0.1) is 0 Å². The van der Waals surface area contributed by atoms with Crippen LogP contribution in [0.1, 0.15) is 5.56 Å². The van der Waals surface area contributed by atoms with Gasteiger partial charge in [-0.3, -0.25) is 14.6 Å². The molecule has 7 heteroatoms. The van der Waals surface area contributed by atoms with E-state index in [1.165, 1.54) is 5.56 Å². The van der Waals surface area contributed by atoms with E-state index in [0.717, 1.165) is 44.2 Å². The zero-order valence-electron chi connectivity index (χ0n) is 14.6. The third-order valence-electron chi connectivity index (χ3n) is 5.39. The van der Waals surface area contributed by atoms with Crippen LogP contribution in [0.4, 0.5) is 0 Å². The van der Waals surface area contributed by atoms with Gasteiger partial charge in [0.2, 0.25) is 6.79 Å². The molecule has 4 rings (SSSR count). The Morgan fingerprint density at radius 2 is 2.00 bits per heavy atom. The maximum Gasteiger partial charge on any atom is 0.309 e. The molecule has 3 aliphatic rings. The summed E-state index contributed by atoms with van der Waals surface area (Å²) in [6.07, 6.45) is 0. The molecule has 0 aliphatic carbocycles. The molecule has 0 saturated carbocycles. The van der Waals surface area contributed by atoms with Crippen LogP contribution in [0.3, 0.4) is 0 Å². The van der Waals surface area contributed by atoms with Gasteiger partial charge in [-0.1, -0.05) is 6.07 Å². The number of nitrogens with zero attached hydrogens (tertiary/aromatic N) is 3. The molecular weight excluding hydrogens is 322 g/mol. The Morgan fingerprint density at radius 3 is 2.84 bits per heavy atom. The Bertz CT molecular complexity index is 653. The number of carboxylic acids is 1. The predicted octanol–water partition coefficient (Wildman–Crippen LogP) is 0.548. The minimum absolute atomic E-state index is 0.296. The molecule has 3 heterocycles. The van der Waals surface area contributed by atoms with Crippen LogP contribution in [-0.4, -0.2) is 84.9 Å². The van der Waals surface area contributed by atoms with Crippen LogP contribution in [0.2, 0.25) is 0 Å². The fraction of sp³-hybridized carbons (Fsp3) is 0.611. The lowest BCUT2D eigenvalue weighted by Crippen LogP contribution is -2.55. The van der Waals surface area contributed by atoms with Crippen LogP contribution in [0.25, 0.3) is 0 Å². The van der Waals surface area contributed by atoms with Crippen LogP contribution in [0, 0.1) is 5.92 Å². The lowest BCUT2D eigenvalue weighted by atomic mass is 10.1. The van der Waals surface area contributed by atoms with Crippen LogP contribution in [0.15, 0.2) is 18.2 Å². The third-order valence-corrected chi connectivity index (χ3v) is 5.39. The summed E-state index contributed by atoms with van der Waals surface area (Å²) < 4.78 is 10.8. The Hall–Kier alpha value is -1.83. The van der Waals surface area contributed by atoms with Gasteiger partial charge in [0.25, 0.3) is 0 Å². The van der Waals surface area contributed by atoms with Crippen molar-refractivity contribution in [3.8, 4) is 11.5 Å². The standard InChI is InChI=1S/C18H25N3O4/c1-19-8-14(18(22)23)9-21-5-4-20(11-15(21)10-19)7-13-2-3-16-17(6-13)25-12-24-16/h2-3,6,14-15H,4-5,7-12H2,1H3,(H,22,23). The highest BCUT2D eigenvalue weighted by Crippen LogP contribution is 2.33. The highest BCUT2D eigenvalue weighted by Gasteiger charge is 2.35. The third kappa shape index (κ3) is 3.58. The summed E-state index contributed by atoms with van der Waals surface area (Å²) >= 11 is 0. The number of piperazine rings is 1. The van der Waals surface area contributed by atoms with E-state index in [9.17, 15) is 9.90 Å². The normalized spacial score (nSPS) is 27.7. The molecule has 2 fully saturated rings. The molecule has 1 N–H and O–H groups in total. The van der Waals surface area contributed by atoms with Crippen molar-refractivity contribution in [3.05, 3.63) is 23.8 Å². The number of likely N-dealkylation sites (N-methyl/N-ethyl adjacent to an activating group) is 1. The van der Waals surface area contributed by atoms with Gasteiger partial charge < -0.3 is 19.5 Å². The van der Waals surface area contributed by atoms with Gasteiger partial charge in [0.1, 0.15) is 0 Å². The molecule has 1 aromatic rings. The summed E-state index contributed by atoms with van der Waals surface area (Å²) in [4.78, 5) is 18.4. The van der Waals surface area contributed by atoms with Gasteiger partial charge in [-0.05, 0) is 24.7 Å². The zero-order chi connectivity index (χ0) is 17.4. The number of carbonyl (C=O) groups is 1. The average Bonchev–Trinajstić information content (AvgIpc) is 2.96. The molecule has 0 spiro atoms. The smallest absolute Gasteiger partial charge is 0.309 e. The second kappa shape index (κ2) is 6.82. The van der Waals surface area contributed by atoms with E-state index in [4.69, 9.17) is 9.47 Å². The monoisotopic (exact) mass is 347 g/mol. The Labute approximate surface area is 147 Å². The van der Waals surface area contributed by atoms with Crippen molar-refractivity contribution >= 4 is 5.97 Å². The van der Waals surface area contributed by atoms with Gasteiger partial charge in [0.15, 0.2) is 11.5 Å². The van der Waals surface area contributed by atoms with E-state index in [2.05, 4.69) is 26.8 Å². The van der Waals surface area contributed by atoms with Crippen LogP contribution in [-0.2, 0) is 11.3 Å². The second-order valence-electron chi connectivity index (χ2n) is 7.33. The molecule has 25 heavy (non-hydrogen) atoms. The molecule has 136 valence electrons. The van der Waals surface area contributed by atoms with E-state index in [0.29, 0.717) is 25.9 Å². The summed E-state index contributed by atoms with van der Waals surface area (Å²) in [5, 5.41) is 9.41. The number of ether oxygens (including phenoxy) is 2. The molecule has 2 atom stereocenters. The fourth-order valence-corrected chi connectivity index (χ4v) is 4.12. The molecule has 0 radical (unpaired) electrons. The van der Waals surface area contributed by atoms with Crippen molar-refractivity contribution in [2.24, 2.45) is 5.92 Å². The first-order chi connectivity index (χ1) is 12.1. The summed E-state index contributed by atoms with van der Waals surface area (Å²) in [6, 6.07) is 6.52. The first-order valence-electron chi connectivity index (χ1n) is 8.85. The maximum absolute atomic E-state index is 11.4. The Kier molecular flexibility index (Phi) is 4.54. The van der Waals surface area contributed by atoms with Crippen LogP contribution in [0.5, 0.6) is 11.5 Å². The minimum atomic E-state index is -0.685. The number of carboxylic acid groups (broad SMARTS) is 1. The molecular formula is C18H25N3O4. The Balaban J connectivity index is 1.41. The van der Waals surface area contributed by atoms with Gasteiger partial charge in [-0.2, -0.15) is 0 Å². The highest BCUT2D eigenvalue weighted by atomic mass is 16.7. The van der Waals surface area contributed by atoms with Gasteiger partial charge >= 0.3 is 5.97 Å². The quantitative estimate of drug-likeness (QED) is 0.856. The van der Waals surface area contributed by atoms with E-state index in [1.54, 1.807) is 0 Å². The number of hydrogen-bond acceptors (Lipinski definition) is 6. The van der Waals surface area contributed by atoms with E-state index in [1.807, 2.05) is 13.1 Å². The number of aliphatic carboxylic acids is 1. The average molecular weight is 347 g/mol. The summed E-state index contributed by atoms with van der Waals surface area (Å²) in [7, 11) is 2.02. The SMILES string of the molecule is CN1CC(C(=O)O)CN2CCN(Cc3ccc4c(c3)OCO4)CC2C1. The number of rotatable bonds is 3. The first-order valence-corrected chi connectivity index (χ1v) is 8.85. The fourth-order valence-electron chi connectivity index (χ4n) is 4.12. The topological polar surface area (TPSA) is 65.5 Å². The predicted molar refractivity (Wildman–Crippen MR) is 91.8 cm³/mol. The van der Waals surface area contributed by atoms with Crippen molar-refractivity contribution in [2.75, 3.05) is 53.1 Å². The summed E-state index contributed by atoms with van der Waals surface area (Å²) in [6.45, 7) is 6.23. The number of benzene rings is 1.